The molecule has 3 nitrogen and oxygen atoms in total. The van der Waals surface area contributed by atoms with Gasteiger partial charge in [-0.3, -0.25) is 4.79 Å². The van der Waals surface area contributed by atoms with Crippen molar-refractivity contribution in [2.75, 3.05) is 13.6 Å². The Balaban J connectivity index is 1.61. The number of hydrogen-bond donors (Lipinski definition) is 2. The summed E-state index contributed by atoms with van der Waals surface area (Å²) in [5.41, 5.74) is 0. The van der Waals surface area contributed by atoms with Gasteiger partial charge in [0.25, 0.3) is 0 Å². The fourth-order valence-corrected chi connectivity index (χ4v) is 4.87. The quantitative estimate of drug-likeness (QED) is 0.798. The molecular formula is C15H26N2O. The summed E-state index contributed by atoms with van der Waals surface area (Å²) in [6.45, 7) is 2.79. The molecule has 0 radical (unpaired) electrons. The summed E-state index contributed by atoms with van der Waals surface area (Å²) in [5, 5.41) is 6.46. The fraction of sp³-hybridized carbons (Fsp3) is 0.933. The third-order valence-corrected chi connectivity index (χ3v) is 5.49. The minimum atomic E-state index is 0.0900. The molecule has 0 aromatic heterocycles. The first-order chi connectivity index (χ1) is 8.67. The average Bonchev–Trinajstić information content (AvgIpc) is 2.33. The normalized spacial score (nSPS) is 42.9. The van der Waals surface area contributed by atoms with Crippen molar-refractivity contribution in [1.82, 2.24) is 10.6 Å². The zero-order valence-electron chi connectivity index (χ0n) is 11.6. The minimum Gasteiger partial charge on any atom is -0.353 e. The highest BCUT2D eigenvalue weighted by atomic mass is 16.1. The number of nitrogens with one attached hydrogen (secondary N) is 2. The topological polar surface area (TPSA) is 41.1 Å². The molecule has 1 amide bonds. The van der Waals surface area contributed by atoms with E-state index in [1.165, 1.54) is 32.1 Å². The molecular weight excluding hydrogens is 224 g/mol. The molecule has 102 valence electrons. The van der Waals surface area contributed by atoms with Crippen LogP contribution >= 0.6 is 0 Å². The minimum absolute atomic E-state index is 0.0900. The van der Waals surface area contributed by atoms with E-state index in [0.29, 0.717) is 6.04 Å². The third-order valence-electron chi connectivity index (χ3n) is 5.49. The summed E-state index contributed by atoms with van der Waals surface area (Å²) in [6.07, 6.45) is 6.97. The molecule has 4 saturated carbocycles. The largest absolute Gasteiger partial charge is 0.353 e. The second-order valence-corrected chi connectivity index (χ2v) is 6.92. The van der Waals surface area contributed by atoms with Crippen LogP contribution in [0.5, 0.6) is 0 Å². The molecule has 2 N–H and O–H groups in total. The van der Waals surface area contributed by atoms with Crippen molar-refractivity contribution in [3.63, 3.8) is 0 Å². The summed E-state index contributed by atoms with van der Waals surface area (Å²) in [6, 6.07) is 0.490. The van der Waals surface area contributed by atoms with Crippen molar-refractivity contribution in [3.8, 4) is 0 Å². The van der Waals surface area contributed by atoms with Crippen molar-refractivity contribution in [2.45, 2.75) is 45.1 Å². The third kappa shape index (κ3) is 2.18. The van der Waals surface area contributed by atoms with Gasteiger partial charge in [0.2, 0.25) is 5.91 Å². The molecule has 18 heavy (non-hydrogen) atoms. The van der Waals surface area contributed by atoms with E-state index < -0.39 is 0 Å². The van der Waals surface area contributed by atoms with Crippen molar-refractivity contribution < 1.29 is 4.79 Å². The molecule has 0 spiro atoms. The molecule has 4 aliphatic rings. The zero-order chi connectivity index (χ0) is 12.7. The molecule has 4 rings (SSSR count). The molecule has 3 heteroatoms. The highest BCUT2D eigenvalue weighted by Crippen LogP contribution is 2.53. The van der Waals surface area contributed by atoms with Gasteiger partial charge in [-0.2, -0.15) is 0 Å². The van der Waals surface area contributed by atoms with E-state index in [4.69, 9.17) is 0 Å². The molecule has 0 aliphatic heterocycles. The molecule has 0 heterocycles. The summed E-state index contributed by atoms with van der Waals surface area (Å²) in [4.78, 5) is 12.2. The number of carbonyl (C=O) groups is 1. The van der Waals surface area contributed by atoms with Crippen LogP contribution in [0.3, 0.4) is 0 Å². The highest BCUT2D eigenvalue weighted by Gasteiger charge is 2.48. The zero-order valence-corrected chi connectivity index (χ0v) is 11.6. The molecule has 4 aliphatic carbocycles. The fourth-order valence-electron chi connectivity index (χ4n) is 4.87. The van der Waals surface area contributed by atoms with E-state index >= 15 is 0 Å². The number of rotatable bonds is 4. The first kappa shape index (κ1) is 12.5. The monoisotopic (exact) mass is 250 g/mol. The first-order valence-corrected chi connectivity index (χ1v) is 7.62. The lowest BCUT2D eigenvalue weighted by atomic mass is 9.54. The highest BCUT2D eigenvalue weighted by molar-refractivity contribution is 5.78. The van der Waals surface area contributed by atoms with E-state index in [9.17, 15) is 4.79 Å². The number of carbonyl (C=O) groups excluding carboxylic acids is 1. The Hall–Kier alpha value is -0.570. The molecule has 0 aromatic rings. The summed E-state index contributed by atoms with van der Waals surface area (Å²) in [5.74, 6) is 3.87. The summed E-state index contributed by atoms with van der Waals surface area (Å²) < 4.78 is 0. The van der Waals surface area contributed by atoms with Crippen molar-refractivity contribution >= 4 is 5.91 Å². The van der Waals surface area contributed by atoms with E-state index in [2.05, 4.69) is 10.6 Å². The van der Waals surface area contributed by atoms with Gasteiger partial charge in [0.1, 0.15) is 0 Å². The maximum atomic E-state index is 12.2. The van der Waals surface area contributed by atoms with Gasteiger partial charge in [-0.25, -0.2) is 0 Å². The standard InChI is InChI=1S/C15H26N2O/c1-9(8-16-2)15(18)17-14-12-4-10-3-11(6-12)7-13(14)5-10/h9-14,16H,3-8H2,1-2H3,(H,17,18). The molecule has 1 unspecified atom stereocenters. The Bertz CT molecular complexity index is 300. The lowest BCUT2D eigenvalue weighted by Gasteiger charge is -2.54. The maximum Gasteiger partial charge on any atom is 0.224 e. The van der Waals surface area contributed by atoms with E-state index in [1.54, 1.807) is 0 Å². The van der Waals surface area contributed by atoms with Crippen LogP contribution < -0.4 is 10.6 Å². The Morgan fingerprint density at radius 1 is 1.11 bits per heavy atom. The molecule has 4 bridgehead atoms. The Morgan fingerprint density at radius 3 is 2.17 bits per heavy atom. The molecule has 0 saturated heterocycles. The lowest BCUT2D eigenvalue weighted by Crippen LogP contribution is -2.56. The SMILES string of the molecule is CNCC(C)C(=O)NC1C2CC3CC(C2)CC1C3. The molecule has 0 aromatic carbocycles. The second kappa shape index (κ2) is 4.84. The lowest BCUT2D eigenvalue weighted by molar-refractivity contribution is -0.128. The van der Waals surface area contributed by atoms with Gasteiger partial charge in [0.15, 0.2) is 0 Å². The Kier molecular flexibility index (Phi) is 3.35. The molecule has 1 atom stereocenters. The van der Waals surface area contributed by atoms with Gasteiger partial charge >= 0.3 is 0 Å². The van der Waals surface area contributed by atoms with Crippen LogP contribution in [0.4, 0.5) is 0 Å². The van der Waals surface area contributed by atoms with Gasteiger partial charge in [-0.1, -0.05) is 6.92 Å². The summed E-state index contributed by atoms with van der Waals surface area (Å²) >= 11 is 0. The number of hydrogen-bond acceptors (Lipinski definition) is 2. The maximum absolute atomic E-state index is 12.2. The van der Waals surface area contributed by atoms with Crippen molar-refractivity contribution in [1.29, 1.82) is 0 Å². The van der Waals surface area contributed by atoms with Gasteiger partial charge in [0, 0.05) is 18.5 Å². The van der Waals surface area contributed by atoms with Gasteiger partial charge < -0.3 is 10.6 Å². The predicted molar refractivity (Wildman–Crippen MR) is 72.1 cm³/mol. The van der Waals surface area contributed by atoms with E-state index in [0.717, 1.165) is 30.2 Å². The van der Waals surface area contributed by atoms with Gasteiger partial charge in [-0.05, 0) is 62.8 Å². The number of amides is 1. The van der Waals surface area contributed by atoms with Gasteiger partial charge in [-0.15, -0.1) is 0 Å². The van der Waals surface area contributed by atoms with Crippen molar-refractivity contribution in [3.05, 3.63) is 0 Å². The van der Waals surface area contributed by atoms with E-state index in [1.807, 2.05) is 14.0 Å². The smallest absolute Gasteiger partial charge is 0.224 e. The van der Waals surface area contributed by atoms with Crippen molar-refractivity contribution in [2.24, 2.45) is 29.6 Å². The Labute approximate surface area is 110 Å². The van der Waals surface area contributed by atoms with Crippen LogP contribution in [0, 0.1) is 29.6 Å². The van der Waals surface area contributed by atoms with Crippen LogP contribution in [0.2, 0.25) is 0 Å². The first-order valence-electron chi connectivity index (χ1n) is 7.62. The molecule has 4 fully saturated rings. The summed E-state index contributed by atoms with van der Waals surface area (Å²) in [7, 11) is 1.91. The Morgan fingerprint density at radius 2 is 1.67 bits per heavy atom. The van der Waals surface area contributed by atoms with Crippen LogP contribution in [0.25, 0.3) is 0 Å². The van der Waals surface area contributed by atoms with Crippen LogP contribution in [-0.2, 0) is 4.79 Å². The van der Waals surface area contributed by atoms with Gasteiger partial charge in [0.05, 0.1) is 0 Å². The van der Waals surface area contributed by atoms with Crippen LogP contribution in [0.15, 0.2) is 0 Å². The van der Waals surface area contributed by atoms with Crippen LogP contribution in [0.1, 0.15) is 39.0 Å². The van der Waals surface area contributed by atoms with E-state index in [-0.39, 0.29) is 11.8 Å². The van der Waals surface area contributed by atoms with Crippen LogP contribution in [-0.4, -0.2) is 25.5 Å². The predicted octanol–water partition coefficient (Wildman–Crippen LogP) is 1.78. The second-order valence-electron chi connectivity index (χ2n) is 6.92. The average molecular weight is 250 g/mol.